The minimum absolute atomic E-state index is 0.0289. The predicted molar refractivity (Wildman–Crippen MR) is 197 cm³/mol. The first-order valence-corrected chi connectivity index (χ1v) is 20.7. The lowest BCUT2D eigenvalue weighted by atomic mass is 9.32. The Morgan fingerprint density at radius 2 is 1.65 bits per heavy atom. The number of carboxylic acids is 1. The summed E-state index contributed by atoms with van der Waals surface area (Å²) in [6.45, 7) is 20.5. The highest BCUT2D eigenvalue weighted by atomic mass is 19.1. The van der Waals surface area contributed by atoms with E-state index in [9.17, 15) is 14.3 Å². The second kappa shape index (κ2) is 12.7. The maximum absolute atomic E-state index is 14.0. The standard InChI is InChI=1S/C44H70FNO3/c1-29(2)32-12-22-44(46-25-15-30-16-26-49-27-17-30)24-23-41(6)34(37(32)44)8-9-36-40(5)18-13-33(39(3,4)35(40)14-19-42(36,41)7)31-10-20-43(28-45,21-11-31)38(47)48/h10,13,29-30,32,34-37,46H,8-9,11-12,14-28H2,1-7H3,(H,47,48)/t32-,34+,35-,36+,37+,40-,41+,42+,43-,44-/m0/s1. The van der Waals surface area contributed by atoms with Crippen molar-refractivity contribution in [2.45, 2.75) is 150 Å². The Labute approximate surface area is 298 Å². The Morgan fingerprint density at radius 3 is 2.31 bits per heavy atom. The topological polar surface area (TPSA) is 58.6 Å². The second-order valence-electron chi connectivity index (χ2n) is 20.3. The van der Waals surface area contributed by atoms with Crippen molar-refractivity contribution in [2.24, 2.45) is 68.5 Å². The molecule has 276 valence electrons. The molecule has 5 fully saturated rings. The highest BCUT2D eigenvalue weighted by Crippen LogP contribution is 2.76. The number of hydrogen-bond donors (Lipinski definition) is 2. The fourth-order valence-corrected chi connectivity index (χ4v) is 14.9. The third-order valence-corrected chi connectivity index (χ3v) is 18.0. The summed E-state index contributed by atoms with van der Waals surface area (Å²) < 4.78 is 19.6. The molecular weight excluding hydrogens is 609 g/mol. The van der Waals surface area contributed by atoms with Crippen molar-refractivity contribution >= 4 is 5.97 Å². The van der Waals surface area contributed by atoms with Gasteiger partial charge in [-0.2, -0.15) is 0 Å². The summed E-state index contributed by atoms with van der Waals surface area (Å²) in [6.07, 6.45) is 21.8. The molecule has 5 heteroatoms. The first kappa shape index (κ1) is 36.2. The predicted octanol–water partition coefficient (Wildman–Crippen LogP) is 10.6. The van der Waals surface area contributed by atoms with Gasteiger partial charge in [0.25, 0.3) is 0 Å². The van der Waals surface area contributed by atoms with E-state index in [4.69, 9.17) is 4.74 Å². The van der Waals surface area contributed by atoms with E-state index in [1.807, 2.05) is 0 Å². The minimum atomic E-state index is -1.23. The molecule has 7 aliphatic rings. The van der Waals surface area contributed by atoms with Gasteiger partial charge in [-0.15, -0.1) is 0 Å². The first-order chi connectivity index (χ1) is 23.2. The van der Waals surface area contributed by atoms with Crippen molar-refractivity contribution < 1.29 is 19.0 Å². The number of allylic oxidation sites excluding steroid dienone is 4. The summed E-state index contributed by atoms with van der Waals surface area (Å²) in [4.78, 5) is 12.0. The number of ether oxygens (including phenoxy) is 1. The lowest BCUT2D eigenvalue weighted by Crippen LogP contribution is -2.68. The molecule has 0 aromatic rings. The van der Waals surface area contributed by atoms with Gasteiger partial charge in [0.2, 0.25) is 0 Å². The lowest BCUT2D eigenvalue weighted by molar-refractivity contribution is -0.223. The molecule has 0 amide bonds. The van der Waals surface area contributed by atoms with Crippen molar-refractivity contribution in [3.8, 4) is 0 Å². The summed E-state index contributed by atoms with van der Waals surface area (Å²) >= 11 is 0. The van der Waals surface area contributed by atoms with Crippen molar-refractivity contribution in [3.05, 3.63) is 23.3 Å². The summed E-state index contributed by atoms with van der Waals surface area (Å²) in [5.74, 6) is 4.34. The van der Waals surface area contributed by atoms with Crippen LogP contribution >= 0.6 is 0 Å². The Morgan fingerprint density at radius 1 is 0.898 bits per heavy atom. The number of rotatable bonds is 8. The van der Waals surface area contributed by atoms with Gasteiger partial charge in [-0.1, -0.05) is 60.6 Å². The number of halogens is 1. The Balaban J connectivity index is 1.15. The fraction of sp³-hybridized carbons (Fsp3) is 0.886. The molecule has 1 aliphatic heterocycles. The molecule has 10 atom stereocenters. The van der Waals surface area contributed by atoms with Crippen LogP contribution in [0.15, 0.2) is 23.3 Å². The van der Waals surface area contributed by atoms with E-state index in [2.05, 4.69) is 65.9 Å². The Kier molecular flexibility index (Phi) is 9.40. The van der Waals surface area contributed by atoms with Crippen LogP contribution in [0, 0.1) is 68.5 Å². The van der Waals surface area contributed by atoms with Gasteiger partial charge in [-0.05, 0) is 177 Å². The quantitative estimate of drug-likeness (QED) is 0.268. The largest absolute Gasteiger partial charge is 0.481 e. The SMILES string of the molecule is CC(C)[C@@H]1CC[C@]2(NCCC3CCOCC3)CC[C@]3(C)[C@H](CC[C@@H]4[C@@]5(C)CC=C(C6=CC[C@](CF)(C(=O)O)CC6)C(C)(C)[C@@H]5CC[C@]43C)[C@@H]12. The third-order valence-electron chi connectivity index (χ3n) is 18.0. The number of hydrogen-bond acceptors (Lipinski definition) is 3. The van der Waals surface area contributed by atoms with Gasteiger partial charge < -0.3 is 15.2 Å². The second-order valence-corrected chi connectivity index (χ2v) is 20.3. The van der Waals surface area contributed by atoms with Crippen LogP contribution in [-0.2, 0) is 9.53 Å². The van der Waals surface area contributed by atoms with E-state index in [1.54, 1.807) is 0 Å². The number of fused-ring (bicyclic) bond motifs is 7. The van der Waals surface area contributed by atoms with E-state index in [1.165, 1.54) is 88.3 Å². The molecule has 1 saturated heterocycles. The van der Waals surface area contributed by atoms with Crippen LogP contribution in [0.2, 0.25) is 0 Å². The zero-order valence-electron chi connectivity index (χ0n) is 32.3. The molecule has 7 rings (SSSR count). The first-order valence-electron chi connectivity index (χ1n) is 20.7. The maximum atomic E-state index is 14.0. The number of carbonyl (C=O) groups is 1. The number of aliphatic carboxylic acids is 1. The van der Waals surface area contributed by atoms with Gasteiger partial charge in [0.05, 0.1) is 5.41 Å². The van der Waals surface area contributed by atoms with E-state index < -0.39 is 18.1 Å². The summed E-state index contributed by atoms with van der Waals surface area (Å²) in [6, 6.07) is 0. The molecule has 4 saturated carbocycles. The van der Waals surface area contributed by atoms with Crippen molar-refractivity contribution in [3.63, 3.8) is 0 Å². The van der Waals surface area contributed by atoms with Crippen LogP contribution in [0.1, 0.15) is 145 Å². The van der Waals surface area contributed by atoms with E-state index in [0.29, 0.717) is 41.5 Å². The zero-order valence-corrected chi connectivity index (χ0v) is 32.3. The molecule has 0 spiro atoms. The van der Waals surface area contributed by atoms with Gasteiger partial charge in [-0.3, -0.25) is 4.79 Å². The maximum Gasteiger partial charge on any atom is 0.312 e. The molecule has 1 heterocycles. The molecule has 0 aromatic carbocycles. The number of alkyl halides is 1. The van der Waals surface area contributed by atoms with E-state index >= 15 is 0 Å². The van der Waals surface area contributed by atoms with Crippen LogP contribution in [0.5, 0.6) is 0 Å². The van der Waals surface area contributed by atoms with Crippen LogP contribution in [0.3, 0.4) is 0 Å². The smallest absolute Gasteiger partial charge is 0.312 e. The van der Waals surface area contributed by atoms with Crippen LogP contribution in [0.4, 0.5) is 4.39 Å². The molecule has 6 aliphatic carbocycles. The third kappa shape index (κ3) is 5.41. The van der Waals surface area contributed by atoms with E-state index in [0.717, 1.165) is 55.1 Å². The van der Waals surface area contributed by atoms with Gasteiger partial charge >= 0.3 is 5.97 Å². The Hall–Kier alpha value is -1.20. The van der Waals surface area contributed by atoms with Gasteiger partial charge in [0.15, 0.2) is 0 Å². The molecule has 0 bridgehead atoms. The van der Waals surface area contributed by atoms with Crippen LogP contribution in [0.25, 0.3) is 0 Å². The molecule has 2 N–H and O–H groups in total. The monoisotopic (exact) mass is 680 g/mol. The van der Waals surface area contributed by atoms with Gasteiger partial charge in [0, 0.05) is 18.8 Å². The zero-order chi connectivity index (χ0) is 35.0. The summed E-state index contributed by atoms with van der Waals surface area (Å²) in [5.41, 5.74) is 2.83. The minimum Gasteiger partial charge on any atom is -0.481 e. The van der Waals surface area contributed by atoms with Gasteiger partial charge in [-0.25, -0.2) is 4.39 Å². The summed E-state index contributed by atoms with van der Waals surface area (Å²) in [5, 5.41) is 14.2. The van der Waals surface area contributed by atoms with Crippen LogP contribution in [-0.4, -0.2) is 43.0 Å². The van der Waals surface area contributed by atoms with Crippen molar-refractivity contribution in [1.29, 1.82) is 0 Å². The van der Waals surface area contributed by atoms with Crippen molar-refractivity contribution in [1.82, 2.24) is 5.32 Å². The van der Waals surface area contributed by atoms with E-state index in [-0.39, 0.29) is 10.8 Å². The highest BCUT2D eigenvalue weighted by Gasteiger charge is 2.70. The molecule has 0 radical (unpaired) electrons. The molecular formula is C44H70FNO3. The van der Waals surface area contributed by atoms with Crippen molar-refractivity contribution in [2.75, 3.05) is 26.4 Å². The Bertz CT molecular complexity index is 1330. The fourth-order valence-electron chi connectivity index (χ4n) is 14.9. The normalized spacial score (nSPS) is 46.6. The van der Waals surface area contributed by atoms with Gasteiger partial charge in [0.1, 0.15) is 6.67 Å². The molecule has 49 heavy (non-hydrogen) atoms. The lowest BCUT2D eigenvalue weighted by Gasteiger charge is -2.72. The average Bonchev–Trinajstić information content (AvgIpc) is 3.45. The molecule has 0 aromatic heterocycles. The average molecular weight is 680 g/mol. The summed E-state index contributed by atoms with van der Waals surface area (Å²) in [7, 11) is 0. The number of carboxylic acid groups (broad SMARTS) is 1. The number of nitrogens with one attached hydrogen (secondary N) is 1. The molecule has 0 unspecified atom stereocenters. The van der Waals surface area contributed by atoms with Crippen LogP contribution < -0.4 is 5.32 Å². The molecule has 4 nitrogen and oxygen atoms in total. The highest BCUT2D eigenvalue weighted by molar-refractivity contribution is 5.75.